The molecule has 1 heterocycles. The molecule has 2 amide bonds. The van der Waals surface area contributed by atoms with Crippen LogP contribution >= 0.6 is 0 Å². The SMILES string of the molecule is Cc1ccc(OCC(=O)NNC(=O)CCc2ccncc2)cc1. The number of nitrogens with zero attached hydrogens (tertiary/aromatic N) is 1. The maximum Gasteiger partial charge on any atom is 0.276 e. The molecule has 0 fully saturated rings. The zero-order chi connectivity index (χ0) is 16.5. The molecule has 0 unspecified atom stereocenters. The van der Waals surface area contributed by atoms with E-state index in [2.05, 4.69) is 15.8 Å². The molecule has 2 aromatic rings. The topological polar surface area (TPSA) is 80.3 Å². The minimum atomic E-state index is -0.414. The normalized spacial score (nSPS) is 9.96. The van der Waals surface area contributed by atoms with Crippen molar-refractivity contribution in [1.82, 2.24) is 15.8 Å². The molecule has 120 valence electrons. The fourth-order valence-corrected chi connectivity index (χ4v) is 1.83. The lowest BCUT2D eigenvalue weighted by molar-refractivity contribution is -0.130. The zero-order valence-corrected chi connectivity index (χ0v) is 12.9. The van der Waals surface area contributed by atoms with E-state index in [0.717, 1.165) is 11.1 Å². The molecule has 2 N–H and O–H groups in total. The van der Waals surface area contributed by atoms with Gasteiger partial charge in [-0.3, -0.25) is 25.4 Å². The average Bonchev–Trinajstić information content (AvgIpc) is 2.58. The molecular weight excluding hydrogens is 294 g/mol. The van der Waals surface area contributed by atoms with E-state index < -0.39 is 5.91 Å². The Kier molecular flexibility index (Phi) is 6.11. The molecule has 0 aliphatic rings. The maximum atomic E-state index is 11.7. The summed E-state index contributed by atoms with van der Waals surface area (Å²) in [6, 6.07) is 11.1. The van der Waals surface area contributed by atoms with Gasteiger partial charge in [0.25, 0.3) is 5.91 Å². The number of carbonyl (C=O) groups is 2. The van der Waals surface area contributed by atoms with Crippen LogP contribution in [0.5, 0.6) is 5.75 Å². The van der Waals surface area contributed by atoms with Crippen molar-refractivity contribution in [3.05, 3.63) is 59.9 Å². The van der Waals surface area contributed by atoms with Crippen LogP contribution in [0, 0.1) is 6.92 Å². The van der Waals surface area contributed by atoms with Gasteiger partial charge in [-0.25, -0.2) is 0 Å². The van der Waals surface area contributed by atoms with Crippen LogP contribution in [0.25, 0.3) is 0 Å². The Morgan fingerprint density at radius 2 is 1.65 bits per heavy atom. The number of hydrogen-bond acceptors (Lipinski definition) is 4. The summed E-state index contributed by atoms with van der Waals surface area (Å²) in [4.78, 5) is 27.2. The van der Waals surface area contributed by atoms with E-state index in [4.69, 9.17) is 4.74 Å². The first kappa shape index (κ1) is 16.5. The Morgan fingerprint density at radius 3 is 2.35 bits per heavy atom. The monoisotopic (exact) mass is 313 g/mol. The number of benzene rings is 1. The number of aryl methyl sites for hydroxylation is 2. The van der Waals surface area contributed by atoms with Crippen molar-refractivity contribution < 1.29 is 14.3 Å². The van der Waals surface area contributed by atoms with Gasteiger partial charge >= 0.3 is 0 Å². The molecule has 0 saturated carbocycles. The third-order valence-corrected chi connectivity index (χ3v) is 3.12. The first-order chi connectivity index (χ1) is 11.1. The molecule has 0 atom stereocenters. The van der Waals surface area contributed by atoms with Gasteiger partial charge in [0.05, 0.1) is 0 Å². The second-order valence-electron chi connectivity index (χ2n) is 5.05. The first-order valence-electron chi connectivity index (χ1n) is 7.29. The van der Waals surface area contributed by atoms with Gasteiger partial charge in [-0.15, -0.1) is 0 Å². The molecule has 0 radical (unpaired) electrons. The van der Waals surface area contributed by atoms with Gasteiger partial charge < -0.3 is 4.74 Å². The number of hydrazine groups is 1. The molecule has 1 aromatic carbocycles. The van der Waals surface area contributed by atoms with Gasteiger partial charge in [0.15, 0.2) is 6.61 Å². The lowest BCUT2D eigenvalue weighted by Gasteiger charge is -2.09. The molecule has 0 bridgehead atoms. The summed E-state index contributed by atoms with van der Waals surface area (Å²) in [5.74, 6) is -0.0666. The van der Waals surface area contributed by atoms with Crippen molar-refractivity contribution in [3.8, 4) is 5.75 Å². The van der Waals surface area contributed by atoms with Crippen LogP contribution in [0.1, 0.15) is 17.5 Å². The minimum Gasteiger partial charge on any atom is -0.484 e. The Morgan fingerprint density at radius 1 is 1.00 bits per heavy atom. The quantitative estimate of drug-likeness (QED) is 0.793. The number of amides is 2. The summed E-state index contributed by atoms with van der Waals surface area (Å²) < 4.78 is 5.31. The van der Waals surface area contributed by atoms with E-state index in [-0.39, 0.29) is 18.9 Å². The van der Waals surface area contributed by atoms with E-state index >= 15 is 0 Å². The number of pyridine rings is 1. The van der Waals surface area contributed by atoms with Crippen LogP contribution < -0.4 is 15.6 Å². The molecular formula is C17H19N3O3. The van der Waals surface area contributed by atoms with Crippen LogP contribution in [0.2, 0.25) is 0 Å². The second-order valence-corrected chi connectivity index (χ2v) is 5.05. The largest absolute Gasteiger partial charge is 0.484 e. The van der Waals surface area contributed by atoms with Crippen LogP contribution in [-0.4, -0.2) is 23.4 Å². The van der Waals surface area contributed by atoms with Crippen molar-refractivity contribution in [2.45, 2.75) is 19.8 Å². The lowest BCUT2D eigenvalue weighted by atomic mass is 10.1. The van der Waals surface area contributed by atoms with E-state index in [9.17, 15) is 9.59 Å². The molecule has 0 spiro atoms. The number of rotatable bonds is 6. The predicted octanol–water partition coefficient (Wildman–Crippen LogP) is 1.55. The smallest absolute Gasteiger partial charge is 0.276 e. The molecule has 0 saturated heterocycles. The van der Waals surface area contributed by atoms with Gasteiger partial charge in [-0.1, -0.05) is 17.7 Å². The average molecular weight is 313 g/mol. The van der Waals surface area contributed by atoms with Gasteiger partial charge in [0.1, 0.15) is 5.75 Å². The van der Waals surface area contributed by atoms with Crippen LogP contribution in [0.4, 0.5) is 0 Å². The van der Waals surface area contributed by atoms with Crippen LogP contribution in [0.15, 0.2) is 48.8 Å². The van der Waals surface area contributed by atoms with Crippen molar-refractivity contribution in [2.24, 2.45) is 0 Å². The van der Waals surface area contributed by atoms with Crippen LogP contribution in [0.3, 0.4) is 0 Å². The summed E-state index contributed by atoms with van der Waals surface area (Å²) in [7, 11) is 0. The fourth-order valence-electron chi connectivity index (χ4n) is 1.83. The first-order valence-corrected chi connectivity index (χ1v) is 7.29. The van der Waals surface area contributed by atoms with E-state index in [1.165, 1.54) is 0 Å². The molecule has 1 aromatic heterocycles. The highest BCUT2D eigenvalue weighted by atomic mass is 16.5. The Balaban J connectivity index is 1.63. The van der Waals surface area contributed by atoms with Gasteiger partial charge in [0.2, 0.25) is 5.91 Å². The van der Waals surface area contributed by atoms with E-state index in [0.29, 0.717) is 12.2 Å². The third-order valence-electron chi connectivity index (χ3n) is 3.12. The highest BCUT2D eigenvalue weighted by Gasteiger charge is 2.06. The van der Waals surface area contributed by atoms with Crippen molar-refractivity contribution in [3.63, 3.8) is 0 Å². The summed E-state index contributed by atoms with van der Waals surface area (Å²) in [5.41, 5.74) is 6.82. The van der Waals surface area contributed by atoms with Gasteiger partial charge in [-0.2, -0.15) is 0 Å². The summed E-state index contributed by atoms with van der Waals surface area (Å²) in [6.07, 6.45) is 4.22. The van der Waals surface area contributed by atoms with Crippen LogP contribution in [-0.2, 0) is 16.0 Å². The minimum absolute atomic E-state index is 0.159. The number of ether oxygens (including phenoxy) is 1. The third kappa shape index (κ3) is 6.17. The summed E-state index contributed by atoms with van der Waals surface area (Å²) in [5, 5.41) is 0. The number of carbonyl (C=O) groups excluding carboxylic acids is 2. The number of aromatic nitrogens is 1. The summed E-state index contributed by atoms with van der Waals surface area (Å²) >= 11 is 0. The highest BCUT2D eigenvalue weighted by molar-refractivity contribution is 5.82. The van der Waals surface area contributed by atoms with Gasteiger partial charge in [0, 0.05) is 18.8 Å². The van der Waals surface area contributed by atoms with Crippen molar-refractivity contribution >= 4 is 11.8 Å². The summed E-state index contributed by atoms with van der Waals surface area (Å²) in [6.45, 7) is 1.81. The molecule has 23 heavy (non-hydrogen) atoms. The maximum absolute atomic E-state index is 11.7. The number of nitrogens with one attached hydrogen (secondary N) is 2. The molecule has 6 nitrogen and oxygen atoms in total. The standard InChI is InChI=1S/C17H19N3O3/c1-13-2-5-15(6-3-13)23-12-17(22)20-19-16(21)7-4-14-8-10-18-11-9-14/h2-3,5-6,8-11H,4,7,12H2,1H3,(H,19,21)(H,20,22). The van der Waals surface area contributed by atoms with E-state index in [1.54, 1.807) is 24.5 Å². The molecule has 0 aliphatic heterocycles. The molecule has 6 heteroatoms. The second kappa shape index (κ2) is 8.53. The fraction of sp³-hybridized carbons (Fsp3) is 0.235. The predicted molar refractivity (Wildman–Crippen MR) is 85.5 cm³/mol. The Labute approximate surface area is 134 Å². The Hall–Kier alpha value is -2.89. The lowest BCUT2D eigenvalue weighted by Crippen LogP contribution is -2.43. The molecule has 2 rings (SSSR count). The van der Waals surface area contributed by atoms with Gasteiger partial charge in [-0.05, 0) is 43.2 Å². The van der Waals surface area contributed by atoms with Crippen molar-refractivity contribution in [1.29, 1.82) is 0 Å². The van der Waals surface area contributed by atoms with E-state index in [1.807, 2.05) is 31.2 Å². The van der Waals surface area contributed by atoms with Crippen molar-refractivity contribution in [2.75, 3.05) is 6.61 Å². The Bertz CT molecular complexity index is 642. The zero-order valence-electron chi connectivity index (χ0n) is 12.9. The number of hydrogen-bond donors (Lipinski definition) is 2. The molecule has 0 aliphatic carbocycles. The highest BCUT2D eigenvalue weighted by Crippen LogP contribution is 2.10.